The van der Waals surface area contributed by atoms with E-state index in [-0.39, 0.29) is 12.5 Å². The Kier molecular flexibility index (Phi) is 5.26. The van der Waals surface area contributed by atoms with Gasteiger partial charge in [-0.05, 0) is 24.3 Å². The third-order valence-corrected chi connectivity index (χ3v) is 4.74. The minimum absolute atomic E-state index is 0.0463. The zero-order valence-corrected chi connectivity index (χ0v) is 16.5. The number of fused-ring (bicyclic) bond motifs is 3. The van der Waals surface area contributed by atoms with Crippen molar-refractivity contribution in [2.24, 2.45) is 0 Å². The second-order valence-electron chi connectivity index (χ2n) is 6.59. The van der Waals surface area contributed by atoms with Crippen LogP contribution in [0.3, 0.4) is 0 Å². The molecule has 7 heteroatoms. The number of para-hydroxylation sites is 2. The van der Waals surface area contributed by atoms with E-state index in [2.05, 4.69) is 10.6 Å². The van der Waals surface area contributed by atoms with E-state index in [9.17, 15) is 9.59 Å². The number of ether oxygens (including phenoxy) is 2. The Morgan fingerprint density at radius 3 is 2.47 bits per heavy atom. The fourth-order valence-corrected chi connectivity index (χ4v) is 3.31. The van der Waals surface area contributed by atoms with Crippen LogP contribution in [0.25, 0.3) is 21.9 Å². The molecule has 2 N–H and O–H groups in total. The highest BCUT2D eigenvalue weighted by Crippen LogP contribution is 2.36. The average Bonchev–Trinajstić information content (AvgIpc) is 3.14. The van der Waals surface area contributed by atoms with E-state index < -0.39 is 5.97 Å². The van der Waals surface area contributed by atoms with Crippen molar-refractivity contribution in [3.05, 3.63) is 66.2 Å². The van der Waals surface area contributed by atoms with Gasteiger partial charge in [-0.15, -0.1) is 0 Å². The van der Waals surface area contributed by atoms with Crippen LogP contribution in [-0.4, -0.2) is 32.6 Å². The fraction of sp³-hybridized carbons (Fsp3) is 0.130. The molecule has 0 atom stereocenters. The Labute approximate surface area is 172 Å². The first-order chi connectivity index (χ1) is 14.6. The summed E-state index contributed by atoms with van der Waals surface area (Å²) in [5, 5.41) is 7.68. The summed E-state index contributed by atoms with van der Waals surface area (Å²) in [7, 11) is 2.86. The van der Waals surface area contributed by atoms with Gasteiger partial charge in [0, 0.05) is 22.5 Å². The molecule has 0 saturated carbocycles. The van der Waals surface area contributed by atoms with Crippen LogP contribution in [0.1, 0.15) is 10.4 Å². The van der Waals surface area contributed by atoms with Crippen LogP contribution in [0.5, 0.6) is 5.75 Å². The molecule has 0 fully saturated rings. The number of benzene rings is 3. The summed E-state index contributed by atoms with van der Waals surface area (Å²) in [6.07, 6.45) is 0. The molecule has 7 nitrogen and oxygen atoms in total. The molecule has 30 heavy (non-hydrogen) atoms. The van der Waals surface area contributed by atoms with E-state index in [1.807, 2.05) is 30.3 Å². The summed E-state index contributed by atoms with van der Waals surface area (Å²) in [5.41, 5.74) is 2.78. The third-order valence-electron chi connectivity index (χ3n) is 4.74. The van der Waals surface area contributed by atoms with E-state index in [4.69, 9.17) is 13.9 Å². The monoisotopic (exact) mass is 404 g/mol. The van der Waals surface area contributed by atoms with Gasteiger partial charge in [-0.25, -0.2) is 4.79 Å². The van der Waals surface area contributed by atoms with E-state index in [1.54, 1.807) is 37.4 Å². The Hall–Kier alpha value is -4.00. The highest BCUT2D eigenvalue weighted by atomic mass is 16.5. The SMILES string of the molecule is COC(=O)c1ccccc1NCC(=O)Nc1cc2oc3ccccc3c2cc1OC. The average molecular weight is 404 g/mol. The van der Waals surface area contributed by atoms with Crippen molar-refractivity contribution in [1.82, 2.24) is 0 Å². The lowest BCUT2D eigenvalue weighted by molar-refractivity contribution is -0.114. The highest BCUT2D eigenvalue weighted by molar-refractivity contribution is 6.08. The number of hydrogen-bond donors (Lipinski definition) is 2. The molecule has 0 aliphatic carbocycles. The van der Waals surface area contributed by atoms with Crippen molar-refractivity contribution >= 4 is 45.2 Å². The number of anilines is 2. The molecule has 0 aliphatic heterocycles. The van der Waals surface area contributed by atoms with Gasteiger partial charge in [0.1, 0.15) is 16.9 Å². The van der Waals surface area contributed by atoms with Crippen molar-refractivity contribution in [3.63, 3.8) is 0 Å². The fourth-order valence-electron chi connectivity index (χ4n) is 3.31. The Bertz CT molecular complexity index is 1250. The maximum Gasteiger partial charge on any atom is 0.339 e. The number of carbonyl (C=O) groups excluding carboxylic acids is 2. The van der Waals surface area contributed by atoms with Gasteiger partial charge in [-0.3, -0.25) is 4.79 Å². The minimum Gasteiger partial charge on any atom is -0.495 e. The molecule has 152 valence electrons. The number of esters is 1. The topological polar surface area (TPSA) is 89.8 Å². The molecule has 0 saturated heterocycles. The van der Waals surface area contributed by atoms with Crippen molar-refractivity contribution in [1.29, 1.82) is 0 Å². The number of carbonyl (C=O) groups is 2. The first kappa shape index (κ1) is 19.3. The Morgan fingerprint density at radius 2 is 1.67 bits per heavy atom. The van der Waals surface area contributed by atoms with Crippen LogP contribution in [0, 0.1) is 0 Å². The molecule has 0 aliphatic rings. The lowest BCUT2D eigenvalue weighted by Gasteiger charge is -2.13. The first-order valence-electron chi connectivity index (χ1n) is 9.31. The van der Waals surface area contributed by atoms with E-state index in [1.165, 1.54) is 7.11 Å². The number of methoxy groups -OCH3 is 2. The number of furan rings is 1. The Balaban J connectivity index is 1.55. The second-order valence-corrected chi connectivity index (χ2v) is 6.59. The predicted octanol–water partition coefficient (Wildman–Crippen LogP) is 4.43. The summed E-state index contributed by atoms with van der Waals surface area (Å²) in [6.45, 7) is -0.0463. The predicted molar refractivity (Wildman–Crippen MR) is 115 cm³/mol. The lowest BCUT2D eigenvalue weighted by Crippen LogP contribution is -2.23. The largest absolute Gasteiger partial charge is 0.495 e. The van der Waals surface area contributed by atoms with E-state index in [0.29, 0.717) is 28.3 Å². The molecule has 0 bridgehead atoms. The van der Waals surface area contributed by atoms with Gasteiger partial charge in [0.15, 0.2) is 0 Å². The van der Waals surface area contributed by atoms with Crippen molar-refractivity contribution in [2.45, 2.75) is 0 Å². The zero-order chi connectivity index (χ0) is 21.1. The van der Waals surface area contributed by atoms with Crippen molar-refractivity contribution in [2.75, 3.05) is 31.4 Å². The van der Waals surface area contributed by atoms with Gasteiger partial charge in [0.05, 0.1) is 32.0 Å². The molecule has 1 aromatic heterocycles. The van der Waals surface area contributed by atoms with Crippen LogP contribution in [0.15, 0.2) is 65.1 Å². The van der Waals surface area contributed by atoms with Crippen LogP contribution >= 0.6 is 0 Å². The summed E-state index contributed by atoms with van der Waals surface area (Å²) in [6, 6.07) is 18.1. The van der Waals surface area contributed by atoms with Gasteiger partial charge in [-0.2, -0.15) is 0 Å². The molecular weight excluding hydrogens is 384 g/mol. The zero-order valence-electron chi connectivity index (χ0n) is 16.5. The van der Waals surface area contributed by atoms with Crippen LogP contribution < -0.4 is 15.4 Å². The number of amides is 1. The second kappa shape index (κ2) is 8.16. The molecule has 0 unspecified atom stereocenters. The molecule has 0 spiro atoms. The maximum atomic E-state index is 12.5. The van der Waals surface area contributed by atoms with E-state index in [0.717, 1.165) is 16.4 Å². The first-order valence-corrected chi connectivity index (χ1v) is 9.31. The van der Waals surface area contributed by atoms with Gasteiger partial charge in [0.25, 0.3) is 0 Å². The molecule has 3 aromatic carbocycles. The lowest BCUT2D eigenvalue weighted by atomic mass is 10.1. The normalized spacial score (nSPS) is 10.7. The van der Waals surface area contributed by atoms with Crippen LogP contribution in [0.2, 0.25) is 0 Å². The van der Waals surface area contributed by atoms with Crippen LogP contribution in [-0.2, 0) is 9.53 Å². The molecule has 4 rings (SSSR count). The van der Waals surface area contributed by atoms with Crippen molar-refractivity contribution < 1.29 is 23.5 Å². The summed E-state index contributed by atoms with van der Waals surface area (Å²) in [4.78, 5) is 24.4. The highest BCUT2D eigenvalue weighted by Gasteiger charge is 2.15. The smallest absolute Gasteiger partial charge is 0.339 e. The van der Waals surface area contributed by atoms with Gasteiger partial charge in [-0.1, -0.05) is 30.3 Å². The molecule has 1 amide bonds. The minimum atomic E-state index is -0.476. The molecular formula is C23H20N2O5. The van der Waals surface area contributed by atoms with Crippen molar-refractivity contribution in [3.8, 4) is 5.75 Å². The Morgan fingerprint density at radius 1 is 0.900 bits per heavy atom. The number of hydrogen-bond acceptors (Lipinski definition) is 6. The number of nitrogens with one attached hydrogen (secondary N) is 2. The van der Waals surface area contributed by atoms with Gasteiger partial charge in [0.2, 0.25) is 5.91 Å². The van der Waals surface area contributed by atoms with Gasteiger partial charge >= 0.3 is 5.97 Å². The standard InChI is InChI=1S/C23H20N2O5/c1-28-21-11-16-14-7-4-6-10-19(14)30-20(16)12-18(21)25-22(26)13-24-17-9-5-3-8-15(17)23(27)29-2/h3-12,24H,13H2,1-2H3,(H,25,26). The third kappa shape index (κ3) is 3.65. The molecule has 0 radical (unpaired) electrons. The maximum absolute atomic E-state index is 12.5. The quantitative estimate of drug-likeness (QED) is 0.462. The summed E-state index contributed by atoms with van der Waals surface area (Å²) >= 11 is 0. The van der Waals surface area contributed by atoms with Gasteiger partial charge < -0.3 is 24.5 Å². The summed E-state index contributed by atoms with van der Waals surface area (Å²) < 4.78 is 16.1. The van der Waals surface area contributed by atoms with Crippen LogP contribution in [0.4, 0.5) is 11.4 Å². The number of rotatable bonds is 6. The summed E-state index contributed by atoms with van der Waals surface area (Å²) in [5.74, 6) is -0.253. The molecule has 1 heterocycles. The molecule has 4 aromatic rings. The van der Waals surface area contributed by atoms with E-state index >= 15 is 0 Å².